The van der Waals surface area contributed by atoms with Gasteiger partial charge in [-0.05, 0) is 43.2 Å². The van der Waals surface area contributed by atoms with Gasteiger partial charge < -0.3 is 30.3 Å². The molecule has 0 saturated heterocycles. The van der Waals surface area contributed by atoms with E-state index in [1.54, 1.807) is 11.7 Å². The van der Waals surface area contributed by atoms with Crippen LogP contribution < -0.4 is 16.0 Å². The Morgan fingerprint density at radius 3 is 2.16 bits per heavy atom. The first-order valence-corrected chi connectivity index (χ1v) is 15.4. The van der Waals surface area contributed by atoms with Crippen LogP contribution >= 0.6 is 11.3 Å². The molecule has 0 aliphatic carbocycles. The van der Waals surface area contributed by atoms with E-state index in [0.29, 0.717) is 19.4 Å². The summed E-state index contributed by atoms with van der Waals surface area (Å²) in [5.41, 5.74) is 3.82. The average Bonchev–Trinajstić information content (AvgIpc) is 3.51. The molecule has 0 aliphatic heterocycles. The van der Waals surface area contributed by atoms with Crippen molar-refractivity contribution in [2.24, 2.45) is 5.92 Å². The number of nitrogens with one attached hydrogen (secondary N) is 3. The van der Waals surface area contributed by atoms with Gasteiger partial charge in [-0.25, -0.2) is 4.79 Å². The number of carbonyl (C=O) groups excluding carboxylic acids is 2. The number of carbonyl (C=O) groups is 2. The Morgan fingerprint density at radius 1 is 0.930 bits per heavy atom. The smallest absolute Gasteiger partial charge is 0.407 e. The van der Waals surface area contributed by atoms with E-state index in [4.69, 9.17) is 9.47 Å². The minimum absolute atomic E-state index is 0.176. The van der Waals surface area contributed by atoms with E-state index in [2.05, 4.69) is 20.9 Å². The highest BCUT2D eigenvalue weighted by atomic mass is 32.1. The lowest BCUT2D eigenvalue weighted by molar-refractivity contribution is -0.125. The van der Waals surface area contributed by atoms with Gasteiger partial charge in [0.25, 0.3) is 0 Å². The zero-order valence-electron chi connectivity index (χ0n) is 25.0. The van der Waals surface area contributed by atoms with Gasteiger partial charge in [-0.15, -0.1) is 11.3 Å². The van der Waals surface area contributed by atoms with Gasteiger partial charge in [-0.1, -0.05) is 74.5 Å². The number of benzene rings is 2. The standard InChI is InChI=1S/C32H44N4O6S/c1-22(2)30(36-32(40)42-18-23(3)37)31(39)35-26(14-24-10-6-4-7-11-24)16-29(38)28(15-25-12-8-5-9-13-25)34-20-41-19-27-17-33-21-43-27/h4-13,17,21-23,26,28-30,34,37-38H,14-16,18-20H2,1-3H3,(H,35,39)(H,36,40)/t23?,26-,28-,29-,30-/m0/s1. The van der Waals surface area contributed by atoms with E-state index in [1.165, 1.54) is 18.3 Å². The maximum atomic E-state index is 13.5. The van der Waals surface area contributed by atoms with Crippen LogP contribution in [0.5, 0.6) is 0 Å². The van der Waals surface area contributed by atoms with Gasteiger partial charge in [-0.2, -0.15) is 0 Å². The Hall–Kier alpha value is -3.35. The van der Waals surface area contributed by atoms with Crippen molar-refractivity contribution in [2.75, 3.05) is 13.3 Å². The SMILES string of the molecule is CC(O)COC(=O)N[C@H](C(=O)N[C@@H](Cc1ccccc1)C[C@H](O)[C@H](Cc1ccccc1)NCOCc1cncs1)C(C)C. The third-order valence-electron chi connectivity index (χ3n) is 6.81. The summed E-state index contributed by atoms with van der Waals surface area (Å²) in [7, 11) is 0. The van der Waals surface area contributed by atoms with Crippen molar-refractivity contribution in [2.45, 2.75) is 77.0 Å². The molecule has 2 amide bonds. The first-order valence-electron chi connectivity index (χ1n) is 14.6. The molecule has 0 fully saturated rings. The molecule has 10 nitrogen and oxygen atoms in total. The van der Waals surface area contributed by atoms with Gasteiger partial charge in [0.2, 0.25) is 5.91 Å². The van der Waals surface area contributed by atoms with Crippen LogP contribution in [-0.4, -0.2) is 70.9 Å². The number of hydrogen-bond donors (Lipinski definition) is 5. The summed E-state index contributed by atoms with van der Waals surface area (Å²) in [5, 5.41) is 30.0. The summed E-state index contributed by atoms with van der Waals surface area (Å²) in [6, 6.07) is 18.0. The van der Waals surface area contributed by atoms with Crippen LogP contribution in [0.1, 0.15) is 43.2 Å². The van der Waals surface area contributed by atoms with E-state index in [-0.39, 0.29) is 37.6 Å². The van der Waals surface area contributed by atoms with Crippen LogP contribution in [0.15, 0.2) is 72.4 Å². The highest BCUT2D eigenvalue weighted by molar-refractivity contribution is 7.09. The largest absolute Gasteiger partial charge is 0.447 e. The molecule has 43 heavy (non-hydrogen) atoms. The van der Waals surface area contributed by atoms with Crippen molar-refractivity contribution in [1.29, 1.82) is 0 Å². The van der Waals surface area contributed by atoms with Gasteiger partial charge in [0.1, 0.15) is 12.6 Å². The number of rotatable bonds is 18. The van der Waals surface area contributed by atoms with Crippen molar-refractivity contribution in [1.82, 2.24) is 20.9 Å². The lowest BCUT2D eigenvalue weighted by atomic mass is 9.93. The molecule has 1 aromatic heterocycles. The Morgan fingerprint density at radius 2 is 1.58 bits per heavy atom. The molecule has 0 aliphatic rings. The number of aliphatic hydroxyl groups is 2. The molecule has 1 heterocycles. The maximum absolute atomic E-state index is 13.5. The highest BCUT2D eigenvalue weighted by Crippen LogP contribution is 2.15. The van der Waals surface area contributed by atoms with E-state index >= 15 is 0 Å². The summed E-state index contributed by atoms with van der Waals surface area (Å²) < 4.78 is 10.8. The number of aromatic nitrogens is 1. The number of nitrogens with zero attached hydrogens (tertiary/aromatic N) is 1. The van der Waals surface area contributed by atoms with Crippen LogP contribution in [0.2, 0.25) is 0 Å². The van der Waals surface area contributed by atoms with Crippen molar-refractivity contribution in [3.05, 3.63) is 88.4 Å². The second-order valence-electron chi connectivity index (χ2n) is 11.0. The second-order valence-corrected chi connectivity index (χ2v) is 11.9. The monoisotopic (exact) mass is 612 g/mol. The second kappa shape index (κ2) is 18.3. The van der Waals surface area contributed by atoms with Crippen molar-refractivity contribution in [3.63, 3.8) is 0 Å². The topological polar surface area (TPSA) is 142 Å². The van der Waals surface area contributed by atoms with Gasteiger partial charge in [0.15, 0.2) is 0 Å². The molecule has 0 radical (unpaired) electrons. The number of aliphatic hydroxyl groups excluding tert-OH is 2. The molecule has 2 aromatic carbocycles. The van der Waals surface area contributed by atoms with Crippen LogP contribution in [0.25, 0.3) is 0 Å². The fraction of sp³-hybridized carbons (Fsp3) is 0.469. The molecule has 234 valence electrons. The highest BCUT2D eigenvalue weighted by Gasteiger charge is 2.29. The number of thiazole rings is 1. The zero-order chi connectivity index (χ0) is 31.0. The number of alkyl carbamates (subject to hydrolysis) is 1. The third kappa shape index (κ3) is 12.8. The molecule has 3 rings (SSSR count). The van der Waals surface area contributed by atoms with Crippen molar-refractivity contribution in [3.8, 4) is 0 Å². The fourth-order valence-electron chi connectivity index (χ4n) is 4.58. The zero-order valence-corrected chi connectivity index (χ0v) is 25.8. The van der Waals surface area contributed by atoms with Gasteiger partial charge in [-0.3, -0.25) is 15.1 Å². The van der Waals surface area contributed by atoms with E-state index < -0.39 is 30.4 Å². The Balaban J connectivity index is 1.71. The molecular weight excluding hydrogens is 568 g/mol. The fourth-order valence-corrected chi connectivity index (χ4v) is 5.11. The van der Waals surface area contributed by atoms with Gasteiger partial charge >= 0.3 is 6.09 Å². The van der Waals surface area contributed by atoms with Crippen LogP contribution in [0.3, 0.4) is 0 Å². The van der Waals surface area contributed by atoms with E-state index in [1.807, 2.05) is 74.5 Å². The summed E-state index contributed by atoms with van der Waals surface area (Å²) >= 11 is 1.52. The summed E-state index contributed by atoms with van der Waals surface area (Å²) in [5.74, 6) is -0.609. The Labute approximate surface area is 257 Å². The Bertz CT molecular complexity index is 1200. The molecule has 0 bridgehead atoms. The van der Waals surface area contributed by atoms with Crippen LogP contribution in [0, 0.1) is 5.92 Å². The number of amides is 2. The Kier molecular flexibility index (Phi) is 14.6. The number of hydrogen-bond acceptors (Lipinski definition) is 9. The summed E-state index contributed by atoms with van der Waals surface area (Å²) in [6.45, 7) is 5.63. The first kappa shape index (κ1) is 34.1. The third-order valence-corrected chi connectivity index (χ3v) is 7.57. The molecule has 5 N–H and O–H groups in total. The van der Waals surface area contributed by atoms with E-state index in [0.717, 1.165) is 16.0 Å². The predicted octanol–water partition coefficient (Wildman–Crippen LogP) is 3.43. The quantitative estimate of drug-likeness (QED) is 0.109. The van der Waals surface area contributed by atoms with Gasteiger partial charge in [0, 0.05) is 18.3 Å². The minimum atomic E-state index is -0.865. The molecule has 3 aromatic rings. The van der Waals surface area contributed by atoms with Crippen molar-refractivity contribution >= 4 is 23.3 Å². The minimum Gasteiger partial charge on any atom is -0.447 e. The molecule has 5 atom stereocenters. The molecular formula is C32H44N4O6S. The summed E-state index contributed by atoms with van der Waals surface area (Å²) in [4.78, 5) is 30.8. The van der Waals surface area contributed by atoms with E-state index in [9.17, 15) is 19.8 Å². The molecule has 11 heteroatoms. The maximum Gasteiger partial charge on any atom is 0.407 e. The van der Waals surface area contributed by atoms with Gasteiger partial charge in [0.05, 0.1) is 35.9 Å². The van der Waals surface area contributed by atoms with Crippen LogP contribution in [0.4, 0.5) is 4.79 Å². The van der Waals surface area contributed by atoms with Crippen LogP contribution in [-0.2, 0) is 33.7 Å². The average molecular weight is 613 g/mol. The first-order chi connectivity index (χ1) is 20.7. The summed E-state index contributed by atoms with van der Waals surface area (Å²) in [6.07, 6.45) is 0.651. The molecule has 1 unspecified atom stereocenters. The predicted molar refractivity (Wildman–Crippen MR) is 166 cm³/mol. The lowest BCUT2D eigenvalue weighted by Crippen LogP contribution is -2.54. The van der Waals surface area contributed by atoms with Crippen molar-refractivity contribution < 1.29 is 29.3 Å². The molecule has 0 spiro atoms. The number of ether oxygens (including phenoxy) is 2. The normalized spacial score (nSPS) is 14.8. The molecule has 0 saturated carbocycles. The lowest BCUT2D eigenvalue weighted by Gasteiger charge is -2.30.